The third-order valence-electron chi connectivity index (χ3n) is 8.62. The van der Waals surface area contributed by atoms with Crippen LogP contribution >= 0.6 is 0 Å². The molecule has 2 fully saturated rings. The summed E-state index contributed by atoms with van der Waals surface area (Å²) in [7, 11) is 6.10. The fraction of sp³-hybridized carbons (Fsp3) is 0.379. The second-order valence-electron chi connectivity index (χ2n) is 10.8. The molecule has 2 aromatic carbocycles. The highest BCUT2D eigenvalue weighted by Crippen LogP contribution is 2.46. The van der Waals surface area contributed by atoms with Crippen LogP contribution in [-0.4, -0.2) is 64.9 Å². The molecule has 3 heterocycles. The maximum Gasteiger partial charge on any atom is 0.322 e. The second kappa shape index (κ2) is 8.66. The molecule has 3 amide bonds. The summed E-state index contributed by atoms with van der Waals surface area (Å²) in [5, 5.41) is 3.31. The van der Waals surface area contributed by atoms with Crippen molar-refractivity contribution in [2.75, 3.05) is 32.6 Å². The van der Waals surface area contributed by atoms with Gasteiger partial charge < -0.3 is 10.2 Å². The van der Waals surface area contributed by atoms with E-state index in [0.29, 0.717) is 30.2 Å². The molecular weight excluding hydrogens is 464 g/mol. The van der Waals surface area contributed by atoms with Crippen molar-refractivity contribution >= 4 is 17.6 Å². The number of anilines is 1. The Morgan fingerprint density at radius 3 is 2.24 bits per heavy atom. The third-order valence-corrected chi connectivity index (χ3v) is 8.62. The standard InChI is InChI=1S/C29H32N6O2/c1-33(2)29(20-8-5-4-6-9-20)14-12-28(13-15-29)19-35(27(37)32-28)21-16-30-25(31-17-21)22-10-7-11-23-24(22)18-34(3)26(23)36/h4-11,16-17H,12-15,18-19H2,1-3H3,(H,32,37)/t28-,29-. The number of carbonyl (C=O) groups excluding carboxylic acids is 2. The van der Waals surface area contributed by atoms with Crippen LogP contribution in [0, 0.1) is 0 Å². The van der Waals surface area contributed by atoms with E-state index in [0.717, 1.165) is 36.8 Å². The summed E-state index contributed by atoms with van der Waals surface area (Å²) in [6, 6.07) is 16.3. The predicted molar refractivity (Wildman–Crippen MR) is 142 cm³/mol. The van der Waals surface area contributed by atoms with Crippen LogP contribution in [0.1, 0.15) is 47.2 Å². The fourth-order valence-electron chi connectivity index (χ4n) is 6.37. The van der Waals surface area contributed by atoms with E-state index in [-0.39, 0.29) is 23.0 Å². The Morgan fingerprint density at radius 2 is 1.57 bits per heavy atom. The fourth-order valence-corrected chi connectivity index (χ4v) is 6.37. The monoisotopic (exact) mass is 496 g/mol. The SMILES string of the molecule is CN1Cc2c(cccc2-c2ncc(N3C[C@]4(CC[C@@](c5ccccc5)(N(C)C)CC4)NC3=O)cn2)C1=O. The first-order valence-electron chi connectivity index (χ1n) is 12.8. The quantitative estimate of drug-likeness (QED) is 0.590. The number of carbonyl (C=O) groups is 2. The lowest BCUT2D eigenvalue weighted by Crippen LogP contribution is -2.54. The van der Waals surface area contributed by atoms with Crippen LogP contribution in [0.2, 0.25) is 0 Å². The molecule has 1 saturated carbocycles. The zero-order valence-corrected chi connectivity index (χ0v) is 21.6. The third kappa shape index (κ3) is 3.78. The second-order valence-corrected chi connectivity index (χ2v) is 10.8. The number of hydrogen-bond donors (Lipinski definition) is 1. The number of hydrogen-bond acceptors (Lipinski definition) is 5. The molecule has 1 aromatic heterocycles. The molecule has 1 aliphatic carbocycles. The van der Waals surface area contributed by atoms with E-state index in [1.165, 1.54) is 5.56 Å². The van der Waals surface area contributed by atoms with Gasteiger partial charge in [-0.05, 0) is 57.0 Å². The largest absolute Gasteiger partial charge is 0.337 e. The van der Waals surface area contributed by atoms with Gasteiger partial charge in [-0.3, -0.25) is 14.6 Å². The van der Waals surface area contributed by atoms with E-state index < -0.39 is 0 Å². The molecule has 8 heteroatoms. The van der Waals surface area contributed by atoms with Gasteiger partial charge in [-0.15, -0.1) is 0 Å². The molecule has 1 N–H and O–H groups in total. The van der Waals surface area contributed by atoms with Gasteiger partial charge in [0, 0.05) is 30.3 Å². The minimum atomic E-state index is -0.255. The Hall–Kier alpha value is -3.78. The first-order valence-corrected chi connectivity index (χ1v) is 12.8. The molecule has 6 rings (SSSR count). The highest BCUT2D eigenvalue weighted by Gasteiger charge is 2.50. The topological polar surface area (TPSA) is 81.7 Å². The molecule has 3 aromatic rings. The molecule has 0 radical (unpaired) electrons. The highest BCUT2D eigenvalue weighted by molar-refractivity contribution is 6.00. The van der Waals surface area contributed by atoms with Crippen molar-refractivity contribution in [1.82, 2.24) is 25.1 Å². The molecule has 0 unspecified atom stereocenters. The number of nitrogens with one attached hydrogen (secondary N) is 1. The van der Waals surface area contributed by atoms with Crippen molar-refractivity contribution in [3.63, 3.8) is 0 Å². The first kappa shape index (κ1) is 23.6. The van der Waals surface area contributed by atoms with E-state index >= 15 is 0 Å². The van der Waals surface area contributed by atoms with Crippen molar-refractivity contribution in [3.05, 3.63) is 77.6 Å². The molecule has 0 bridgehead atoms. The zero-order chi connectivity index (χ0) is 25.8. The molecule has 3 aliphatic rings. The molecular formula is C29H32N6O2. The number of urea groups is 1. The Bertz CT molecular complexity index is 1350. The van der Waals surface area contributed by atoms with E-state index in [9.17, 15) is 9.59 Å². The molecule has 190 valence electrons. The van der Waals surface area contributed by atoms with Crippen LogP contribution < -0.4 is 10.2 Å². The zero-order valence-electron chi connectivity index (χ0n) is 21.6. The molecule has 2 aliphatic heterocycles. The summed E-state index contributed by atoms with van der Waals surface area (Å²) in [6.45, 7) is 1.15. The van der Waals surface area contributed by atoms with Gasteiger partial charge in [0.1, 0.15) is 0 Å². The van der Waals surface area contributed by atoms with Crippen LogP contribution in [0.3, 0.4) is 0 Å². The van der Waals surface area contributed by atoms with Crippen LogP contribution in [0.4, 0.5) is 10.5 Å². The first-order chi connectivity index (χ1) is 17.8. The number of rotatable bonds is 4. The lowest BCUT2D eigenvalue weighted by molar-refractivity contribution is 0.0658. The van der Waals surface area contributed by atoms with Crippen molar-refractivity contribution < 1.29 is 9.59 Å². The van der Waals surface area contributed by atoms with E-state index in [2.05, 4.69) is 64.6 Å². The van der Waals surface area contributed by atoms with Gasteiger partial charge >= 0.3 is 6.03 Å². The molecule has 37 heavy (non-hydrogen) atoms. The summed E-state index contributed by atoms with van der Waals surface area (Å²) >= 11 is 0. The summed E-state index contributed by atoms with van der Waals surface area (Å²) in [4.78, 5) is 40.5. The van der Waals surface area contributed by atoms with Gasteiger partial charge in [-0.25, -0.2) is 14.8 Å². The van der Waals surface area contributed by atoms with Gasteiger partial charge in [0.15, 0.2) is 5.82 Å². The van der Waals surface area contributed by atoms with E-state index in [1.807, 2.05) is 18.2 Å². The summed E-state index contributed by atoms with van der Waals surface area (Å²) in [6.07, 6.45) is 7.19. The van der Waals surface area contributed by atoms with Crippen molar-refractivity contribution in [2.24, 2.45) is 0 Å². The normalized spacial score (nSPS) is 25.2. The van der Waals surface area contributed by atoms with Gasteiger partial charge in [0.25, 0.3) is 5.91 Å². The number of fused-ring (bicyclic) bond motifs is 1. The van der Waals surface area contributed by atoms with Crippen LogP contribution in [0.25, 0.3) is 11.4 Å². The Balaban J connectivity index is 1.21. The van der Waals surface area contributed by atoms with Gasteiger partial charge in [0.2, 0.25) is 0 Å². The Kier molecular flexibility index (Phi) is 5.53. The lowest BCUT2D eigenvalue weighted by Gasteiger charge is -2.48. The van der Waals surface area contributed by atoms with Crippen LogP contribution in [-0.2, 0) is 12.1 Å². The number of nitrogens with zero attached hydrogens (tertiary/aromatic N) is 5. The maximum atomic E-state index is 13.1. The minimum absolute atomic E-state index is 0.0190. The number of benzene rings is 2. The number of amides is 3. The summed E-state index contributed by atoms with van der Waals surface area (Å²) in [5.74, 6) is 0.583. The van der Waals surface area contributed by atoms with Crippen molar-refractivity contribution in [1.29, 1.82) is 0 Å². The highest BCUT2D eigenvalue weighted by atomic mass is 16.2. The van der Waals surface area contributed by atoms with Gasteiger partial charge in [0.05, 0.1) is 30.2 Å². The van der Waals surface area contributed by atoms with Gasteiger partial charge in [-0.2, -0.15) is 0 Å². The van der Waals surface area contributed by atoms with Crippen LogP contribution in [0.15, 0.2) is 60.9 Å². The number of aromatic nitrogens is 2. The molecule has 8 nitrogen and oxygen atoms in total. The predicted octanol–water partition coefficient (Wildman–Crippen LogP) is 4.03. The minimum Gasteiger partial charge on any atom is -0.337 e. The van der Waals surface area contributed by atoms with E-state index in [4.69, 9.17) is 0 Å². The lowest BCUT2D eigenvalue weighted by atomic mass is 9.69. The van der Waals surface area contributed by atoms with Crippen molar-refractivity contribution in [3.8, 4) is 11.4 Å². The Morgan fingerprint density at radius 1 is 0.892 bits per heavy atom. The summed E-state index contributed by atoms with van der Waals surface area (Å²) in [5.41, 5.74) is 4.25. The van der Waals surface area contributed by atoms with E-state index in [1.54, 1.807) is 29.2 Å². The molecule has 0 atom stereocenters. The molecule has 1 saturated heterocycles. The van der Waals surface area contributed by atoms with Gasteiger partial charge in [-0.1, -0.05) is 42.5 Å². The Labute approximate surface area is 217 Å². The average Bonchev–Trinajstić information content (AvgIpc) is 3.40. The maximum absolute atomic E-state index is 13.1. The summed E-state index contributed by atoms with van der Waals surface area (Å²) < 4.78 is 0. The molecule has 1 spiro atoms. The smallest absolute Gasteiger partial charge is 0.322 e. The van der Waals surface area contributed by atoms with Crippen molar-refractivity contribution in [2.45, 2.75) is 43.3 Å². The average molecular weight is 497 g/mol. The van der Waals surface area contributed by atoms with Crippen LogP contribution in [0.5, 0.6) is 0 Å².